The normalized spacial score (nSPS) is 11.3. The molecule has 0 fully saturated rings. The molecule has 0 saturated carbocycles. The van der Waals surface area contributed by atoms with Crippen LogP contribution in [0.25, 0.3) is 16.7 Å². The SMILES string of the molecule is COc1ccc(-n2cnc3[nH]nc(N=CN(C)C)c3c2=O)cc1. The van der Waals surface area contributed by atoms with Crippen molar-refractivity contribution in [3.8, 4) is 11.4 Å². The highest BCUT2D eigenvalue weighted by atomic mass is 16.5. The summed E-state index contributed by atoms with van der Waals surface area (Å²) in [5, 5.41) is 7.12. The first-order chi connectivity index (χ1) is 11.1. The van der Waals surface area contributed by atoms with Crippen LogP contribution >= 0.6 is 0 Å². The Hall–Kier alpha value is -3.16. The Morgan fingerprint density at radius 1 is 1.30 bits per heavy atom. The van der Waals surface area contributed by atoms with Crippen LogP contribution in [0.5, 0.6) is 5.75 Å². The summed E-state index contributed by atoms with van der Waals surface area (Å²) >= 11 is 0. The van der Waals surface area contributed by atoms with Gasteiger partial charge in [0.1, 0.15) is 17.5 Å². The van der Waals surface area contributed by atoms with Crippen LogP contribution in [0.4, 0.5) is 5.82 Å². The molecule has 1 aromatic carbocycles. The van der Waals surface area contributed by atoms with Gasteiger partial charge in [0.2, 0.25) is 0 Å². The number of hydrogen-bond donors (Lipinski definition) is 1. The Morgan fingerprint density at radius 2 is 2.04 bits per heavy atom. The Morgan fingerprint density at radius 3 is 2.70 bits per heavy atom. The Kier molecular flexibility index (Phi) is 3.80. The minimum absolute atomic E-state index is 0.236. The molecular formula is C15H16N6O2. The molecule has 3 rings (SSSR count). The number of methoxy groups -OCH3 is 1. The van der Waals surface area contributed by atoms with Gasteiger partial charge in [0.25, 0.3) is 5.56 Å². The molecule has 23 heavy (non-hydrogen) atoms. The Bertz CT molecular complexity index is 908. The summed E-state index contributed by atoms with van der Waals surface area (Å²) in [5.41, 5.74) is 0.861. The van der Waals surface area contributed by atoms with Gasteiger partial charge >= 0.3 is 0 Å². The van der Waals surface area contributed by atoms with E-state index in [1.54, 1.807) is 42.6 Å². The molecule has 0 saturated heterocycles. The number of nitrogens with one attached hydrogen (secondary N) is 1. The van der Waals surface area contributed by atoms with Gasteiger partial charge in [0, 0.05) is 14.1 Å². The van der Waals surface area contributed by atoms with Crippen LogP contribution in [0.2, 0.25) is 0 Å². The third-order valence-electron chi connectivity index (χ3n) is 3.22. The lowest BCUT2D eigenvalue weighted by Gasteiger charge is -2.06. The van der Waals surface area contributed by atoms with E-state index in [1.807, 2.05) is 14.1 Å². The van der Waals surface area contributed by atoms with Crippen molar-refractivity contribution in [3.05, 3.63) is 40.9 Å². The van der Waals surface area contributed by atoms with E-state index in [-0.39, 0.29) is 5.56 Å². The predicted octanol–water partition coefficient (Wildman–Crippen LogP) is 1.34. The zero-order valence-electron chi connectivity index (χ0n) is 13.0. The average Bonchev–Trinajstić information content (AvgIpc) is 2.97. The second-order valence-electron chi connectivity index (χ2n) is 5.10. The van der Waals surface area contributed by atoms with Crippen LogP contribution in [0.15, 0.2) is 40.4 Å². The maximum absolute atomic E-state index is 12.8. The van der Waals surface area contributed by atoms with E-state index in [1.165, 1.54) is 10.9 Å². The Balaban J connectivity index is 2.13. The van der Waals surface area contributed by atoms with Crippen molar-refractivity contribution in [2.75, 3.05) is 21.2 Å². The number of benzene rings is 1. The second kappa shape index (κ2) is 5.91. The van der Waals surface area contributed by atoms with Gasteiger partial charge in [-0.05, 0) is 24.3 Å². The minimum Gasteiger partial charge on any atom is -0.497 e. The molecule has 0 aliphatic carbocycles. The fourth-order valence-electron chi connectivity index (χ4n) is 2.09. The van der Waals surface area contributed by atoms with Crippen molar-refractivity contribution in [3.63, 3.8) is 0 Å². The lowest BCUT2D eigenvalue weighted by molar-refractivity contribution is 0.414. The number of hydrogen-bond acceptors (Lipinski definition) is 5. The van der Waals surface area contributed by atoms with E-state index in [0.29, 0.717) is 22.5 Å². The predicted molar refractivity (Wildman–Crippen MR) is 87.9 cm³/mol. The van der Waals surface area contributed by atoms with E-state index in [4.69, 9.17) is 4.74 Å². The molecule has 0 atom stereocenters. The van der Waals surface area contributed by atoms with Crippen molar-refractivity contribution >= 4 is 23.2 Å². The highest BCUT2D eigenvalue weighted by Crippen LogP contribution is 2.19. The number of ether oxygens (including phenoxy) is 1. The van der Waals surface area contributed by atoms with Crippen LogP contribution < -0.4 is 10.3 Å². The van der Waals surface area contributed by atoms with E-state index in [9.17, 15) is 4.79 Å². The second-order valence-corrected chi connectivity index (χ2v) is 5.10. The fourth-order valence-corrected chi connectivity index (χ4v) is 2.09. The number of aromatic nitrogens is 4. The van der Waals surface area contributed by atoms with E-state index in [0.717, 1.165) is 5.75 Å². The molecule has 0 bridgehead atoms. The molecule has 2 aromatic heterocycles. The molecule has 3 aromatic rings. The summed E-state index contributed by atoms with van der Waals surface area (Å²) in [4.78, 5) is 23.0. The van der Waals surface area contributed by atoms with Gasteiger partial charge in [-0.25, -0.2) is 9.98 Å². The fraction of sp³-hybridized carbons (Fsp3) is 0.200. The van der Waals surface area contributed by atoms with Crippen molar-refractivity contribution in [1.29, 1.82) is 0 Å². The van der Waals surface area contributed by atoms with Gasteiger partial charge in [-0.2, -0.15) is 5.10 Å². The summed E-state index contributed by atoms with van der Waals surface area (Å²) < 4.78 is 6.58. The van der Waals surface area contributed by atoms with Gasteiger partial charge in [-0.3, -0.25) is 14.5 Å². The van der Waals surface area contributed by atoms with Crippen LogP contribution in [0.3, 0.4) is 0 Å². The maximum atomic E-state index is 12.8. The summed E-state index contributed by atoms with van der Waals surface area (Å²) in [6.07, 6.45) is 3.05. The lowest BCUT2D eigenvalue weighted by Crippen LogP contribution is -2.18. The van der Waals surface area contributed by atoms with Crippen molar-refractivity contribution in [2.24, 2.45) is 4.99 Å². The van der Waals surface area contributed by atoms with E-state index < -0.39 is 0 Å². The molecule has 0 unspecified atom stereocenters. The lowest BCUT2D eigenvalue weighted by atomic mass is 10.3. The van der Waals surface area contributed by atoms with Crippen molar-refractivity contribution < 1.29 is 4.74 Å². The van der Waals surface area contributed by atoms with Crippen molar-refractivity contribution in [2.45, 2.75) is 0 Å². The zero-order valence-corrected chi connectivity index (χ0v) is 13.0. The zero-order chi connectivity index (χ0) is 16.4. The minimum atomic E-state index is -0.236. The molecule has 0 amide bonds. The smallest absolute Gasteiger partial charge is 0.271 e. The highest BCUT2D eigenvalue weighted by Gasteiger charge is 2.13. The Labute approximate surface area is 132 Å². The first-order valence-corrected chi connectivity index (χ1v) is 6.91. The maximum Gasteiger partial charge on any atom is 0.271 e. The molecule has 0 spiro atoms. The van der Waals surface area contributed by atoms with E-state index >= 15 is 0 Å². The number of nitrogens with zero attached hydrogens (tertiary/aromatic N) is 5. The van der Waals surface area contributed by atoms with Crippen LogP contribution in [-0.2, 0) is 0 Å². The topological polar surface area (TPSA) is 88.4 Å². The number of fused-ring (bicyclic) bond motifs is 1. The molecule has 2 heterocycles. The van der Waals surface area contributed by atoms with Gasteiger partial charge in [-0.15, -0.1) is 0 Å². The first kappa shape index (κ1) is 14.8. The summed E-state index contributed by atoms with van der Waals surface area (Å²) in [5.74, 6) is 1.03. The summed E-state index contributed by atoms with van der Waals surface area (Å²) in [7, 11) is 5.27. The molecule has 1 N–H and O–H groups in total. The monoisotopic (exact) mass is 312 g/mol. The molecule has 8 nitrogen and oxygen atoms in total. The first-order valence-electron chi connectivity index (χ1n) is 6.91. The molecule has 8 heteroatoms. The van der Waals surface area contributed by atoms with Crippen molar-refractivity contribution in [1.82, 2.24) is 24.6 Å². The molecular weight excluding hydrogens is 296 g/mol. The molecule has 0 radical (unpaired) electrons. The van der Waals surface area contributed by atoms with Gasteiger partial charge < -0.3 is 9.64 Å². The average molecular weight is 312 g/mol. The highest BCUT2D eigenvalue weighted by molar-refractivity contribution is 5.86. The molecule has 0 aliphatic rings. The number of H-pyrrole nitrogens is 1. The number of aromatic amines is 1. The number of rotatable bonds is 4. The quantitative estimate of drug-likeness (QED) is 0.580. The van der Waals surface area contributed by atoms with Gasteiger partial charge in [-0.1, -0.05) is 0 Å². The van der Waals surface area contributed by atoms with E-state index in [2.05, 4.69) is 20.2 Å². The standard InChI is InChI=1S/C15H16N6O2/c1-20(2)8-16-13-12-14(19-18-13)17-9-21(15(12)22)10-4-6-11(23-3)7-5-10/h4-9H,1-3H3,(H,18,19). The molecule has 0 aliphatic heterocycles. The largest absolute Gasteiger partial charge is 0.497 e. The molecule has 118 valence electrons. The summed E-state index contributed by atoms with van der Waals surface area (Å²) in [6, 6.07) is 7.14. The number of aliphatic imine (C=N–C) groups is 1. The van der Waals surface area contributed by atoms with Crippen LogP contribution in [0, 0.1) is 0 Å². The van der Waals surface area contributed by atoms with Gasteiger partial charge in [0.05, 0.1) is 19.1 Å². The van der Waals surface area contributed by atoms with Gasteiger partial charge in [0.15, 0.2) is 11.5 Å². The third-order valence-corrected chi connectivity index (χ3v) is 3.22. The van der Waals surface area contributed by atoms with Crippen LogP contribution in [0.1, 0.15) is 0 Å². The summed E-state index contributed by atoms with van der Waals surface area (Å²) in [6.45, 7) is 0. The third kappa shape index (κ3) is 2.78. The van der Waals surface area contributed by atoms with Crippen LogP contribution in [-0.4, -0.2) is 52.2 Å².